The van der Waals surface area contributed by atoms with Crippen molar-refractivity contribution in [3.05, 3.63) is 94.7 Å². The molecule has 0 aliphatic carbocycles. The summed E-state index contributed by atoms with van der Waals surface area (Å²) in [6, 6.07) is 20.7. The largest absolute Gasteiger partial charge is 0.507 e. The van der Waals surface area contributed by atoms with Gasteiger partial charge in [0.25, 0.3) is 11.6 Å². The third-order valence-corrected chi connectivity index (χ3v) is 4.95. The number of furan rings is 1. The molecule has 0 atom stereocenters. The molecule has 5 aromatic rings. The lowest BCUT2D eigenvalue weighted by molar-refractivity contribution is -0.384. The zero-order chi connectivity index (χ0) is 22.9. The van der Waals surface area contributed by atoms with Gasteiger partial charge in [0.1, 0.15) is 17.0 Å². The van der Waals surface area contributed by atoms with E-state index in [0.717, 1.165) is 0 Å². The standard InChI is InChI=1S/C24H15N3O6/c28-19-9-8-15(13-17(19)24-26-18-6-1-2-7-21(18)33-24)25-23(29)22-11-10-20(32-22)14-4-3-5-16(12-14)27(30)31/h1-13,28H,(H,25,29). The van der Waals surface area contributed by atoms with Crippen molar-refractivity contribution in [1.82, 2.24) is 4.98 Å². The number of nitro benzene ring substituents is 1. The summed E-state index contributed by atoms with van der Waals surface area (Å²) < 4.78 is 11.3. The van der Waals surface area contributed by atoms with E-state index >= 15 is 0 Å². The Balaban J connectivity index is 1.39. The number of nitrogens with zero attached hydrogens (tertiary/aromatic N) is 2. The number of aromatic nitrogens is 1. The van der Waals surface area contributed by atoms with Crippen LogP contribution in [-0.2, 0) is 0 Å². The molecule has 0 bridgehead atoms. The number of phenols is 1. The third-order valence-electron chi connectivity index (χ3n) is 4.95. The van der Waals surface area contributed by atoms with Crippen LogP contribution >= 0.6 is 0 Å². The van der Waals surface area contributed by atoms with Gasteiger partial charge in [-0.1, -0.05) is 24.3 Å². The van der Waals surface area contributed by atoms with E-state index < -0.39 is 10.8 Å². The molecule has 9 heteroatoms. The lowest BCUT2D eigenvalue weighted by atomic mass is 10.1. The molecule has 0 aliphatic rings. The normalized spacial score (nSPS) is 10.9. The van der Waals surface area contributed by atoms with Crippen LogP contribution in [-0.4, -0.2) is 20.9 Å². The zero-order valence-electron chi connectivity index (χ0n) is 16.9. The number of anilines is 1. The molecule has 0 saturated carbocycles. The summed E-state index contributed by atoms with van der Waals surface area (Å²) in [6.45, 7) is 0. The van der Waals surface area contributed by atoms with Crippen molar-refractivity contribution in [3.63, 3.8) is 0 Å². The Kier molecular flexibility index (Phi) is 4.83. The van der Waals surface area contributed by atoms with E-state index in [1.54, 1.807) is 36.4 Å². The number of oxazole rings is 1. The lowest BCUT2D eigenvalue weighted by Crippen LogP contribution is -2.10. The number of benzene rings is 3. The number of carbonyl (C=O) groups excluding carboxylic acids is 1. The number of fused-ring (bicyclic) bond motifs is 1. The van der Waals surface area contributed by atoms with Crippen LogP contribution in [0, 0.1) is 10.1 Å². The maximum Gasteiger partial charge on any atom is 0.291 e. The molecule has 33 heavy (non-hydrogen) atoms. The average molecular weight is 441 g/mol. The number of hydrogen-bond acceptors (Lipinski definition) is 7. The molecule has 5 rings (SSSR count). The molecule has 0 spiro atoms. The fourth-order valence-corrected chi connectivity index (χ4v) is 3.35. The molecule has 0 aliphatic heterocycles. The number of aromatic hydroxyl groups is 1. The van der Waals surface area contributed by atoms with Gasteiger partial charge in [-0.2, -0.15) is 0 Å². The summed E-state index contributed by atoms with van der Waals surface area (Å²) >= 11 is 0. The van der Waals surface area contributed by atoms with Crippen molar-refractivity contribution in [2.75, 3.05) is 5.32 Å². The molecule has 9 nitrogen and oxygen atoms in total. The van der Waals surface area contributed by atoms with Crippen molar-refractivity contribution in [2.45, 2.75) is 0 Å². The molecule has 1 amide bonds. The quantitative estimate of drug-likeness (QED) is 0.205. The first-order valence-electron chi connectivity index (χ1n) is 9.83. The highest BCUT2D eigenvalue weighted by molar-refractivity contribution is 6.03. The van der Waals surface area contributed by atoms with Gasteiger partial charge in [-0.05, 0) is 42.5 Å². The third kappa shape index (κ3) is 3.90. The number of amides is 1. The number of carbonyl (C=O) groups is 1. The number of para-hydroxylation sites is 2. The fraction of sp³-hybridized carbons (Fsp3) is 0. The van der Waals surface area contributed by atoms with Gasteiger partial charge in [0.15, 0.2) is 11.3 Å². The number of nitro groups is 1. The van der Waals surface area contributed by atoms with Crippen molar-refractivity contribution >= 4 is 28.4 Å². The van der Waals surface area contributed by atoms with E-state index in [1.807, 2.05) is 12.1 Å². The molecule has 2 aromatic heterocycles. The lowest BCUT2D eigenvalue weighted by Gasteiger charge is -2.06. The van der Waals surface area contributed by atoms with E-state index in [4.69, 9.17) is 8.83 Å². The fourth-order valence-electron chi connectivity index (χ4n) is 3.35. The molecular weight excluding hydrogens is 426 g/mol. The molecule has 0 saturated heterocycles. The second-order valence-electron chi connectivity index (χ2n) is 7.14. The molecule has 162 valence electrons. The van der Waals surface area contributed by atoms with Gasteiger partial charge < -0.3 is 19.3 Å². The van der Waals surface area contributed by atoms with E-state index in [-0.39, 0.29) is 23.1 Å². The zero-order valence-corrected chi connectivity index (χ0v) is 16.9. The predicted octanol–water partition coefficient (Wildman–Crippen LogP) is 5.62. The van der Waals surface area contributed by atoms with Crippen LogP contribution in [0.2, 0.25) is 0 Å². The highest BCUT2D eigenvalue weighted by atomic mass is 16.6. The summed E-state index contributed by atoms with van der Waals surface area (Å²) in [5, 5.41) is 24.0. The van der Waals surface area contributed by atoms with Crippen LogP contribution in [0.4, 0.5) is 11.4 Å². The second kappa shape index (κ2) is 7.97. The van der Waals surface area contributed by atoms with Crippen molar-refractivity contribution in [2.24, 2.45) is 0 Å². The average Bonchev–Trinajstić information content (AvgIpc) is 3.48. The van der Waals surface area contributed by atoms with Crippen molar-refractivity contribution < 1.29 is 23.7 Å². The Hall–Kier alpha value is -4.92. The number of hydrogen-bond donors (Lipinski definition) is 2. The molecule has 2 heterocycles. The van der Waals surface area contributed by atoms with Gasteiger partial charge in [0.05, 0.1) is 10.5 Å². The summed E-state index contributed by atoms with van der Waals surface area (Å²) in [6.07, 6.45) is 0. The Labute approximate surface area is 186 Å². The predicted molar refractivity (Wildman–Crippen MR) is 120 cm³/mol. The monoisotopic (exact) mass is 441 g/mol. The van der Waals surface area contributed by atoms with E-state index in [9.17, 15) is 20.0 Å². The Morgan fingerprint density at radius 1 is 0.970 bits per heavy atom. The van der Waals surface area contributed by atoms with Gasteiger partial charge >= 0.3 is 0 Å². The topological polar surface area (TPSA) is 132 Å². The molecule has 2 N–H and O–H groups in total. The van der Waals surface area contributed by atoms with E-state index in [1.165, 1.54) is 30.3 Å². The molecule has 3 aromatic carbocycles. The van der Waals surface area contributed by atoms with Crippen LogP contribution in [0.15, 0.2) is 87.7 Å². The minimum Gasteiger partial charge on any atom is -0.507 e. The van der Waals surface area contributed by atoms with Gasteiger partial charge in [0, 0.05) is 23.4 Å². The Morgan fingerprint density at radius 3 is 2.64 bits per heavy atom. The number of nitrogens with one attached hydrogen (secondary N) is 1. The summed E-state index contributed by atoms with van der Waals surface area (Å²) in [5.41, 5.74) is 2.33. The second-order valence-corrected chi connectivity index (χ2v) is 7.14. The van der Waals surface area contributed by atoms with Gasteiger partial charge in [-0.15, -0.1) is 0 Å². The minimum absolute atomic E-state index is 0.0213. The summed E-state index contributed by atoms with van der Waals surface area (Å²) in [5.74, 6) is -0.0168. The molecular formula is C24H15N3O6. The molecule has 0 unspecified atom stereocenters. The Bertz CT molecular complexity index is 1480. The van der Waals surface area contributed by atoms with Crippen LogP contribution in [0.5, 0.6) is 5.75 Å². The smallest absolute Gasteiger partial charge is 0.291 e. The van der Waals surface area contributed by atoms with Crippen LogP contribution in [0.25, 0.3) is 33.9 Å². The first kappa shape index (κ1) is 20.0. The SMILES string of the molecule is O=C(Nc1ccc(O)c(-c2nc3ccccc3o2)c1)c1ccc(-c2cccc([N+](=O)[O-])c2)o1. The van der Waals surface area contributed by atoms with E-state index in [0.29, 0.717) is 33.7 Å². The Morgan fingerprint density at radius 2 is 1.82 bits per heavy atom. The van der Waals surface area contributed by atoms with Gasteiger partial charge in [-0.25, -0.2) is 4.98 Å². The van der Waals surface area contributed by atoms with Crippen LogP contribution < -0.4 is 5.32 Å². The van der Waals surface area contributed by atoms with Crippen molar-refractivity contribution in [1.29, 1.82) is 0 Å². The van der Waals surface area contributed by atoms with Gasteiger partial charge in [-0.3, -0.25) is 14.9 Å². The van der Waals surface area contributed by atoms with E-state index in [2.05, 4.69) is 10.3 Å². The summed E-state index contributed by atoms with van der Waals surface area (Å²) in [4.78, 5) is 27.6. The highest BCUT2D eigenvalue weighted by Gasteiger charge is 2.17. The first-order chi connectivity index (χ1) is 16.0. The molecule has 0 radical (unpaired) electrons. The highest BCUT2D eigenvalue weighted by Crippen LogP contribution is 2.33. The van der Waals surface area contributed by atoms with Crippen LogP contribution in [0.1, 0.15) is 10.6 Å². The minimum atomic E-state index is -0.527. The maximum atomic E-state index is 12.7. The molecule has 0 fully saturated rings. The maximum absolute atomic E-state index is 12.7. The van der Waals surface area contributed by atoms with Crippen LogP contribution in [0.3, 0.4) is 0 Å². The number of rotatable bonds is 5. The van der Waals surface area contributed by atoms with Crippen molar-refractivity contribution in [3.8, 4) is 28.5 Å². The van der Waals surface area contributed by atoms with Gasteiger partial charge in [0.2, 0.25) is 5.89 Å². The first-order valence-corrected chi connectivity index (χ1v) is 9.83. The number of phenolic OH excluding ortho intramolecular Hbond substituents is 1. The summed E-state index contributed by atoms with van der Waals surface area (Å²) in [7, 11) is 0. The number of non-ortho nitro benzene ring substituents is 1.